The minimum atomic E-state index is -0.930. The van der Waals surface area contributed by atoms with Crippen LogP contribution in [0, 0.1) is 0 Å². The van der Waals surface area contributed by atoms with Crippen molar-refractivity contribution < 1.29 is 19.4 Å². The van der Waals surface area contributed by atoms with E-state index < -0.39 is 5.97 Å². The lowest BCUT2D eigenvalue weighted by molar-refractivity contribution is 0.0685. The molecule has 0 radical (unpaired) electrons. The molecule has 6 heteroatoms. The van der Waals surface area contributed by atoms with E-state index in [-0.39, 0.29) is 18.7 Å². The molecule has 1 N–H and O–H groups in total. The Morgan fingerprint density at radius 2 is 1.96 bits per heavy atom. The predicted octanol–water partition coefficient (Wildman–Crippen LogP) is 4.31. The van der Waals surface area contributed by atoms with Crippen LogP contribution in [0.4, 0.5) is 4.79 Å². The Morgan fingerprint density at radius 3 is 2.67 bits per heavy atom. The third kappa shape index (κ3) is 3.76. The molecule has 1 saturated heterocycles. The number of likely N-dealkylation sites (tertiary alicyclic amines) is 1. The normalized spacial score (nSPS) is 17.5. The predicted molar refractivity (Wildman–Crippen MR) is 91.2 cm³/mol. The van der Waals surface area contributed by atoms with E-state index >= 15 is 0 Å². The van der Waals surface area contributed by atoms with Gasteiger partial charge in [-0.25, -0.2) is 9.59 Å². The van der Waals surface area contributed by atoms with Crippen molar-refractivity contribution in [3.05, 3.63) is 57.8 Å². The van der Waals surface area contributed by atoms with Crippen molar-refractivity contribution in [3.63, 3.8) is 0 Å². The Morgan fingerprint density at radius 1 is 1.17 bits per heavy atom. The molecule has 1 aromatic carbocycles. The first-order valence-corrected chi connectivity index (χ1v) is 8.77. The fourth-order valence-corrected chi connectivity index (χ4v) is 3.89. The number of amides is 1. The Labute approximate surface area is 144 Å². The summed E-state index contributed by atoms with van der Waals surface area (Å²) in [6.45, 7) is 0.881. The highest BCUT2D eigenvalue weighted by Gasteiger charge is 2.30. The zero-order chi connectivity index (χ0) is 16.9. The molecule has 0 bridgehead atoms. The summed E-state index contributed by atoms with van der Waals surface area (Å²) in [6.07, 6.45) is 2.45. The number of hydrogen-bond acceptors (Lipinski definition) is 4. The molecule has 126 valence electrons. The molecule has 0 saturated carbocycles. The van der Waals surface area contributed by atoms with Crippen molar-refractivity contribution in [2.24, 2.45) is 0 Å². The van der Waals surface area contributed by atoms with E-state index in [1.54, 1.807) is 11.0 Å². The van der Waals surface area contributed by atoms with E-state index in [0.717, 1.165) is 29.7 Å². The molecule has 1 fully saturated rings. The highest BCUT2D eigenvalue weighted by atomic mass is 32.1. The molecule has 0 aliphatic carbocycles. The third-order valence-electron chi connectivity index (χ3n) is 4.11. The van der Waals surface area contributed by atoms with E-state index in [1.807, 2.05) is 36.4 Å². The second kappa shape index (κ2) is 7.49. The highest BCUT2D eigenvalue weighted by Crippen LogP contribution is 2.35. The fourth-order valence-electron chi connectivity index (χ4n) is 2.89. The number of nitrogens with zero attached hydrogens (tertiary/aromatic N) is 1. The van der Waals surface area contributed by atoms with Gasteiger partial charge in [0.05, 0.1) is 6.04 Å². The number of rotatable bonds is 4. The van der Waals surface area contributed by atoms with Crippen LogP contribution in [0.2, 0.25) is 0 Å². The van der Waals surface area contributed by atoms with Gasteiger partial charge < -0.3 is 14.7 Å². The summed E-state index contributed by atoms with van der Waals surface area (Å²) in [7, 11) is 0. The molecule has 2 heterocycles. The lowest BCUT2D eigenvalue weighted by Gasteiger charge is -2.34. The molecular formula is C18H19NO4S. The van der Waals surface area contributed by atoms with Gasteiger partial charge in [-0.3, -0.25) is 0 Å². The first-order chi connectivity index (χ1) is 11.6. The van der Waals surface area contributed by atoms with E-state index in [4.69, 9.17) is 9.84 Å². The van der Waals surface area contributed by atoms with Crippen molar-refractivity contribution in [1.29, 1.82) is 0 Å². The van der Waals surface area contributed by atoms with Crippen molar-refractivity contribution >= 4 is 23.4 Å². The fraction of sp³-hybridized carbons (Fsp3) is 0.333. The number of thiophene rings is 1. The van der Waals surface area contributed by atoms with Crippen LogP contribution in [0.25, 0.3) is 0 Å². The van der Waals surface area contributed by atoms with E-state index in [1.165, 1.54) is 11.3 Å². The molecule has 24 heavy (non-hydrogen) atoms. The summed E-state index contributed by atoms with van der Waals surface area (Å²) in [5.41, 5.74) is 0.948. The quantitative estimate of drug-likeness (QED) is 0.896. The van der Waals surface area contributed by atoms with Crippen molar-refractivity contribution in [2.75, 3.05) is 6.54 Å². The van der Waals surface area contributed by atoms with Crippen LogP contribution in [0.15, 0.2) is 42.5 Å². The minimum absolute atomic E-state index is 0.0971. The summed E-state index contributed by atoms with van der Waals surface area (Å²) in [5.74, 6) is -0.930. The van der Waals surface area contributed by atoms with Gasteiger partial charge in [0.15, 0.2) is 0 Å². The number of benzene rings is 1. The Hall–Kier alpha value is -2.34. The molecular weight excluding hydrogens is 326 g/mol. The van der Waals surface area contributed by atoms with Crippen molar-refractivity contribution in [3.8, 4) is 0 Å². The van der Waals surface area contributed by atoms with Gasteiger partial charge >= 0.3 is 12.1 Å². The van der Waals surface area contributed by atoms with Gasteiger partial charge in [-0.1, -0.05) is 30.3 Å². The molecule has 5 nitrogen and oxygen atoms in total. The number of aromatic carboxylic acids is 1. The first-order valence-electron chi connectivity index (χ1n) is 7.95. The molecule has 0 spiro atoms. The van der Waals surface area contributed by atoms with Gasteiger partial charge in [0.2, 0.25) is 0 Å². The average molecular weight is 345 g/mol. The maximum absolute atomic E-state index is 12.5. The van der Waals surface area contributed by atoms with Crippen LogP contribution in [0.3, 0.4) is 0 Å². The van der Waals surface area contributed by atoms with Gasteiger partial charge in [-0.05, 0) is 37.0 Å². The van der Waals surface area contributed by atoms with Crippen LogP contribution >= 0.6 is 11.3 Å². The summed E-state index contributed by atoms with van der Waals surface area (Å²) >= 11 is 1.23. The molecule has 2 aromatic rings. The Kier molecular flexibility index (Phi) is 5.15. The zero-order valence-electron chi connectivity index (χ0n) is 13.2. The monoisotopic (exact) mass is 345 g/mol. The number of ether oxygens (including phenoxy) is 1. The summed E-state index contributed by atoms with van der Waals surface area (Å²) in [6, 6.07) is 12.9. The number of carboxylic acid groups (broad SMARTS) is 1. The molecule has 1 aliphatic heterocycles. The number of piperidine rings is 1. The Balaban J connectivity index is 1.69. The van der Waals surface area contributed by atoms with Crippen molar-refractivity contribution in [1.82, 2.24) is 4.90 Å². The van der Waals surface area contributed by atoms with Gasteiger partial charge in [-0.2, -0.15) is 0 Å². The number of carboxylic acids is 1. The lowest BCUT2D eigenvalue weighted by atomic mass is 10.0. The van der Waals surface area contributed by atoms with E-state index in [0.29, 0.717) is 11.4 Å². The smallest absolute Gasteiger partial charge is 0.410 e. The first kappa shape index (κ1) is 16.5. The van der Waals surface area contributed by atoms with Crippen LogP contribution in [-0.4, -0.2) is 28.6 Å². The van der Waals surface area contributed by atoms with Crippen LogP contribution in [-0.2, 0) is 11.3 Å². The van der Waals surface area contributed by atoms with Gasteiger partial charge in [-0.15, -0.1) is 11.3 Å². The van der Waals surface area contributed by atoms with E-state index in [2.05, 4.69) is 0 Å². The number of carbonyl (C=O) groups is 2. The number of hydrogen-bond donors (Lipinski definition) is 1. The topological polar surface area (TPSA) is 66.8 Å². The molecule has 1 unspecified atom stereocenters. The van der Waals surface area contributed by atoms with Gasteiger partial charge in [0, 0.05) is 11.4 Å². The summed E-state index contributed by atoms with van der Waals surface area (Å²) in [5, 5.41) is 9.09. The molecule has 3 rings (SSSR count). The summed E-state index contributed by atoms with van der Waals surface area (Å²) < 4.78 is 5.45. The second-order valence-corrected chi connectivity index (χ2v) is 6.87. The van der Waals surface area contributed by atoms with Crippen LogP contribution < -0.4 is 0 Å². The minimum Gasteiger partial charge on any atom is -0.477 e. The lowest BCUT2D eigenvalue weighted by Crippen LogP contribution is -2.38. The standard InChI is InChI=1S/C18H19NO4S/c20-17(21)16-10-9-15(24-16)14-8-4-5-11-19(14)18(22)23-12-13-6-2-1-3-7-13/h1-3,6-7,9-10,14H,4-5,8,11-12H2,(H,20,21). The zero-order valence-corrected chi connectivity index (χ0v) is 14.0. The van der Waals surface area contributed by atoms with Gasteiger partial charge in [0.1, 0.15) is 11.5 Å². The molecule has 1 aliphatic rings. The average Bonchev–Trinajstić information content (AvgIpc) is 3.11. The molecule has 1 amide bonds. The molecule has 1 atom stereocenters. The molecule has 1 aromatic heterocycles. The maximum Gasteiger partial charge on any atom is 0.410 e. The van der Waals surface area contributed by atoms with E-state index in [9.17, 15) is 9.59 Å². The maximum atomic E-state index is 12.5. The second-order valence-electron chi connectivity index (χ2n) is 5.75. The van der Waals surface area contributed by atoms with Crippen LogP contribution in [0.1, 0.15) is 45.4 Å². The Bertz CT molecular complexity index is 713. The SMILES string of the molecule is O=C(O)c1ccc(C2CCCCN2C(=O)OCc2ccccc2)s1. The van der Waals surface area contributed by atoms with Crippen molar-refractivity contribution in [2.45, 2.75) is 31.9 Å². The van der Waals surface area contributed by atoms with Crippen LogP contribution in [0.5, 0.6) is 0 Å². The highest BCUT2D eigenvalue weighted by molar-refractivity contribution is 7.14. The largest absolute Gasteiger partial charge is 0.477 e. The van der Waals surface area contributed by atoms with Gasteiger partial charge in [0.25, 0.3) is 0 Å². The summed E-state index contributed by atoms with van der Waals surface area (Å²) in [4.78, 5) is 26.5. The number of carbonyl (C=O) groups excluding carboxylic acids is 1. The third-order valence-corrected chi connectivity index (χ3v) is 5.28.